The Morgan fingerprint density at radius 2 is 1.56 bits per heavy atom. The zero-order chi connectivity index (χ0) is 23.0. The summed E-state index contributed by atoms with van der Waals surface area (Å²) in [5, 5.41) is 19.5. The minimum Gasteiger partial charge on any atom is -0.507 e. The van der Waals surface area contributed by atoms with Crippen molar-refractivity contribution in [3.05, 3.63) is 70.3 Å². The molecule has 0 unspecified atom stereocenters. The number of phenolic OH excluding ortho intramolecular Hbond substituents is 1. The molecule has 0 radical (unpaired) electrons. The molecule has 5 heteroatoms. The number of aromatic hydroxyl groups is 1. The summed E-state index contributed by atoms with van der Waals surface area (Å²) >= 11 is 0. The first-order valence-electron chi connectivity index (χ1n) is 10.9. The number of carbonyl (C=O) groups excluding carboxylic acids is 1. The zero-order valence-electron chi connectivity index (χ0n) is 20.0. The van der Waals surface area contributed by atoms with E-state index >= 15 is 0 Å². The Hall–Kier alpha value is -2.59. The van der Waals surface area contributed by atoms with Crippen LogP contribution in [-0.4, -0.2) is 34.7 Å². The zero-order valence-corrected chi connectivity index (χ0v) is 20.8. The Labute approximate surface area is 198 Å². The van der Waals surface area contributed by atoms with E-state index in [2.05, 4.69) is 0 Å². The van der Waals surface area contributed by atoms with Crippen LogP contribution >= 0.6 is 12.4 Å². The highest BCUT2D eigenvalue weighted by Gasteiger charge is 2.29. The lowest BCUT2D eigenvalue weighted by atomic mass is 9.78. The second-order valence-electron chi connectivity index (χ2n) is 10.4. The van der Waals surface area contributed by atoms with Crippen LogP contribution in [0.5, 0.6) is 5.75 Å². The monoisotopic (exact) mass is 454 g/mol. The van der Waals surface area contributed by atoms with Gasteiger partial charge in [0.1, 0.15) is 11.6 Å². The molecule has 1 heterocycles. The van der Waals surface area contributed by atoms with Crippen LogP contribution in [-0.2, 0) is 10.8 Å². The maximum absolute atomic E-state index is 13.2. The van der Waals surface area contributed by atoms with E-state index in [4.69, 9.17) is 5.41 Å². The van der Waals surface area contributed by atoms with E-state index < -0.39 is 0 Å². The number of hydrogen-bond acceptors (Lipinski definition) is 3. The Bertz CT molecular complexity index is 993. The van der Waals surface area contributed by atoms with Gasteiger partial charge < -0.3 is 10.0 Å². The van der Waals surface area contributed by atoms with E-state index in [1.807, 2.05) is 95.0 Å². The van der Waals surface area contributed by atoms with E-state index in [1.165, 1.54) is 0 Å². The number of Topliss-reactive ketones (excluding diaryl/α,β-unsaturated/α-hetero) is 1. The van der Waals surface area contributed by atoms with Crippen LogP contribution in [0.1, 0.15) is 75.0 Å². The number of nitrogens with one attached hydrogen (secondary N) is 1. The number of likely N-dealkylation sites (tertiary alicyclic amines) is 1. The highest BCUT2D eigenvalue weighted by atomic mass is 35.5. The molecule has 0 spiro atoms. The molecule has 172 valence electrons. The molecule has 3 rings (SSSR count). The standard InChI is InChI=1S/C27H34N2O2.ClH/c1-26(2,3)21-15-20(16-22(24(21)31)27(4,5)6)23(30)17-29-13-12-19(25(29)28)14-18-10-8-7-9-11-18;/h7-11,14-16,28,31H,12-13,17H2,1-6H3;1H/b19-14+,28-25?;. The molecule has 0 aliphatic carbocycles. The molecular weight excluding hydrogens is 420 g/mol. The summed E-state index contributed by atoms with van der Waals surface area (Å²) in [4.78, 5) is 15.1. The summed E-state index contributed by atoms with van der Waals surface area (Å²) in [6, 6.07) is 13.6. The molecule has 2 aromatic carbocycles. The van der Waals surface area contributed by atoms with Gasteiger partial charge in [0.05, 0.1) is 6.54 Å². The van der Waals surface area contributed by atoms with Gasteiger partial charge >= 0.3 is 0 Å². The number of benzene rings is 2. The van der Waals surface area contributed by atoms with Crippen LogP contribution in [0.4, 0.5) is 0 Å². The van der Waals surface area contributed by atoms with Gasteiger partial charge in [0, 0.05) is 23.2 Å². The van der Waals surface area contributed by atoms with Crippen LogP contribution < -0.4 is 0 Å². The highest BCUT2D eigenvalue weighted by Crippen LogP contribution is 2.40. The minimum absolute atomic E-state index is 0. The number of amidine groups is 1. The number of carbonyl (C=O) groups is 1. The van der Waals surface area contributed by atoms with Crippen molar-refractivity contribution in [3.8, 4) is 5.75 Å². The van der Waals surface area contributed by atoms with E-state index in [0.717, 1.165) is 28.7 Å². The average Bonchev–Trinajstić information content (AvgIpc) is 3.00. The van der Waals surface area contributed by atoms with Crippen molar-refractivity contribution in [2.75, 3.05) is 13.1 Å². The lowest BCUT2D eigenvalue weighted by Crippen LogP contribution is -2.31. The molecule has 2 N–H and O–H groups in total. The molecule has 4 nitrogen and oxygen atoms in total. The summed E-state index contributed by atoms with van der Waals surface area (Å²) in [7, 11) is 0. The summed E-state index contributed by atoms with van der Waals surface area (Å²) in [5.41, 5.74) is 3.61. The average molecular weight is 455 g/mol. The Morgan fingerprint density at radius 3 is 2.06 bits per heavy atom. The smallest absolute Gasteiger partial charge is 0.182 e. The predicted molar refractivity (Wildman–Crippen MR) is 135 cm³/mol. The molecule has 0 atom stereocenters. The molecular formula is C27H35ClN2O2. The highest BCUT2D eigenvalue weighted by molar-refractivity contribution is 6.06. The van der Waals surface area contributed by atoms with Crippen LogP contribution in [0.3, 0.4) is 0 Å². The Balaban J connectivity index is 0.00000363. The molecule has 1 saturated heterocycles. The van der Waals surface area contributed by atoms with Gasteiger partial charge in [0.25, 0.3) is 0 Å². The lowest BCUT2D eigenvalue weighted by molar-refractivity contribution is 0.0965. The van der Waals surface area contributed by atoms with Gasteiger partial charge in [0.15, 0.2) is 5.78 Å². The lowest BCUT2D eigenvalue weighted by Gasteiger charge is -2.28. The fourth-order valence-electron chi connectivity index (χ4n) is 3.94. The van der Waals surface area contributed by atoms with Gasteiger partial charge in [-0.15, -0.1) is 12.4 Å². The molecule has 0 aromatic heterocycles. The third-order valence-electron chi connectivity index (χ3n) is 5.79. The van der Waals surface area contributed by atoms with Crippen molar-refractivity contribution < 1.29 is 9.90 Å². The summed E-state index contributed by atoms with van der Waals surface area (Å²) in [6.07, 6.45) is 2.79. The van der Waals surface area contributed by atoms with Crippen molar-refractivity contribution in [1.29, 1.82) is 5.41 Å². The van der Waals surface area contributed by atoms with E-state index in [9.17, 15) is 9.90 Å². The first kappa shape index (κ1) is 25.7. The molecule has 0 saturated carbocycles. The van der Waals surface area contributed by atoms with Gasteiger partial charge in [-0.1, -0.05) is 71.9 Å². The van der Waals surface area contributed by atoms with Crippen molar-refractivity contribution in [2.45, 2.75) is 58.8 Å². The van der Waals surface area contributed by atoms with Crippen LogP contribution in [0.25, 0.3) is 6.08 Å². The molecule has 1 aliphatic rings. The molecule has 1 fully saturated rings. The first-order chi connectivity index (χ1) is 14.4. The molecule has 0 amide bonds. The number of hydrogen-bond donors (Lipinski definition) is 2. The number of rotatable bonds is 4. The largest absolute Gasteiger partial charge is 0.507 e. The Kier molecular flexibility index (Phi) is 7.62. The van der Waals surface area contributed by atoms with Crippen molar-refractivity contribution >= 4 is 30.1 Å². The van der Waals surface area contributed by atoms with E-state index in [-0.39, 0.29) is 41.3 Å². The summed E-state index contributed by atoms with van der Waals surface area (Å²) in [5.74, 6) is 0.670. The van der Waals surface area contributed by atoms with Crippen LogP contribution in [0.2, 0.25) is 0 Å². The van der Waals surface area contributed by atoms with Crippen LogP contribution in [0.15, 0.2) is 48.0 Å². The maximum atomic E-state index is 13.2. The Morgan fingerprint density at radius 1 is 1.03 bits per heavy atom. The third-order valence-corrected chi connectivity index (χ3v) is 5.79. The molecule has 32 heavy (non-hydrogen) atoms. The number of halogens is 1. The molecule has 2 aromatic rings. The predicted octanol–water partition coefficient (Wildman–Crippen LogP) is 6.36. The van der Waals surface area contributed by atoms with Gasteiger partial charge in [-0.3, -0.25) is 10.2 Å². The first-order valence-corrected chi connectivity index (χ1v) is 10.9. The van der Waals surface area contributed by atoms with Gasteiger partial charge in [-0.2, -0.15) is 0 Å². The van der Waals surface area contributed by atoms with Crippen molar-refractivity contribution in [1.82, 2.24) is 4.90 Å². The minimum atomic E-state index is -0.285. The summed E-state index contributed by atoms with van der Waals surface area (Å²) < 4.78 is 0. The normalized spacial score (nSPS) is 15.8. The molecule has 0 bridgehead atoms. The van der Waals surface area contributed by atoms with E-state index in [1.54, 1.807) is 0 Å². The van der Waals surface area contributed by atoms with Gasteiger partial charge in [0.2, 0.25) is 0 Å². The van der Waals surface area contributed by atoms with Crippen molar-refractivity contribution in [3.63, 3.8) is 0 Å². The SMILES string of the molecule is CC(C)(C)c1cc(C(=O)CN2CC/C(=C\c3ccccc3)C2=N)cc(C(C)(C)C)c1O.Cl. The third kappa shape index (κ3) is 5.60. The molecule has 1 aliphatic heterocycles. The summed E-state index contributed by atoms with van der Waals surface area (Å²) in [6.45, 7) is 13.1. The quantitative estimate of drug-likeness (QED) is 0.528. The second kappa shape index (κ2) is 9.50. The maximum Gasteiger partial charge on any atom is 0.182 e. The van der Waals surface area contributed by atoms with E-state index in [0.29, 0.717) is 17.9 Å². The second-order valence-corrected chi connectivity index (χ2v) is 10.4. The number of nitrogens with zero attached hydrogens (tertiary/aromatic N) is 1. The van der Waals surface area contributed by atoms with Crippen molar-refractivity contribution in [2.24, 2.45) is 0 Å². The fraction of sp³-hybridized carbons (Fsp3) is 0.407. The number of ketones is 1. The fourth-order valence-corrected chi connectivity index (χ4v) is 3.94. The number of phenols is 1. The van der Waals surface area contributed by atoms with Gasteiger partial charge in [-0.25, -0.2) is 0 Å². The van der Waals surface area contributed by atoms with Crippen LogP contribution in [0, 0.1) is 5.41 Å². The van der Waals surface area contributed by atoms with Gasteiger partial charge in [-0.05, 0) is 46.6 Å². The topological polar surface area (TPSA) is 64.4 Å².